The van der Waals surface area contributed by atoms with Gasteiger partial charge in [-0.15, -0.1) is 0 Å². The quantitative estimate of drug-likeness (QED) is 0.108. The van der Waals surface area contributed by atoms with E-state index in [1.807, 2.05) is 78.9 Å². The molecule has 0 saturated carbocycles. The summed E-state index contributed by atoms with van der Waals surface area (Å²) in [5.74, 6) is -3.41. The molecule has 0 fully saturated rings. The van der Waals surface area contributed by atoms with Crippen LogP contribution in [0.25, 0.3) is 68.1 Å². The van der Waals surface area contributed by atoms with E-state index in [2.05, 4.69) is 0 Å². The zero-order valence-electron chi connectivity index (χ0n) is 24.7. The molecule has 0 aliphatic rings. The van der Waals surface area contributed by atoms with Crippen molar-refractivity contribution in [2.75, 3.05) is 0 Å². The smallest absolute Gasteiger partial charge is 0.328 e. The fourth-order valence-electron chi connectivity index (χ4n) is 5.49. The van der Waals surface area contributed by atoms with Gasteiger partial charge >= 0.3 is 17.9 Å². The van der Waals surface area contributed by atoms with Gasteiger partial charge < -0.3 is 15.3 Å². The van der Waals surface area contributed by atoms with Crippen molar-refractivity contribution < 1.29 is 34.5 Å². The Balaban J connectivity index is 1.86. The SMILES string of the molecule is CC(=O)/C=C/c1cc(/C=C/C(=O)O)cc(-c2c3ccccc3c(-c3cc(/C=C/C(=O)O)cc(/C=C/C(=O)O)c3)c3ccccc23)c1. The fourth-order valence-corrected chi connectivity index (χ4v) is 5.49. The summed E-state index contributed by atoms with van der Waals surface area (Å²) in [6.07, 6.45) is 10.7. The molecule has 0 unspecified atom stereocenters. The van der Waals surface area contributed by atoms with E-state index in [0.717, 1.165) is 67.6 Å². The molecular formula is C39H28O7. The van der Waals surface area contributed by atoms with E-state index in [4.69, 9.17) is 0 Å². The number of carbonyl (C=O) groups is 4. The zero-order chi connectivity index (χ0) is 32.8. The molecule has 0 atom stereocenters. The molecule has 7 heteroatoms. The number of rotatable bonds is 10. The maximum absolute atomic E-state index is 11.7. The van der Waals surface area contributed by atoms with Gasteiger partial charge in [-0.1, -0.05) is 54.6 Å². The van der Waals surface area contributed by atoms with Crippen LogP contribution in [0.1, 0.15) is 29.2 Å². The van der Waals surface area contributed by atoms with E-state index in [1.165, 1.54) is 31.2 Å². The molecule has 0 bridgehead atoms. The number of carboxylic acid groups (broad SMARTS) is 3. The van der Waals surface area contributed by atoms with Crippen LogP contribution in [-0.2, 0) is 19.2 Å². The van der Waals surface area contributed by atoms with Crippen LogP contribution < -0.4 is 0 Å². The van der Waals surface area contributed by atoms with Gasteiger partial charge in [0.15, 0.2) is 5.78 Å². The first-order valence-corrected chi connectivity index (χ1v) is 14.2. The van der Waals surface area contributed by atoms with Crippen molar-refractivity contribution in [3.05, 3.63) is 131 Å². The molecule has 0 spiro atoms. The van der Waals surface area contributed by atoms with E-state index >= 15 is 0 Å². The minimum Gasteiger partial charge on any atom is -0.478 e. The lowest BCUT2D eigenvalue weighted by Gasteiger charge is -2.19. The molecule has 3 N–H and O–H groups in total. The average Bonchev–Trinajstić information content (AvgIpc) is 3.03. The molecule has 0 aliphatic heterocycles. The van der Waals surface area contributed by atoms with Crippen molar-refractivity contribution in [1.82, 2.24) is 0 Å². The van der Waals surface area contributed by atoms with Gasteiger partial charge in [-0.2, -0.15) is 0 Å². The lowest BCUT2D eigenvalue weighted by atomic mass is 9.84. The normalized spacial score (nSPS) is 11.8. The van der Waals surface area contributed by atoms with Crippen LogP contribution in [0.3, 0.4) is 0 Å². The molecule has 0 heterocycles. The molecule has 0 saturated heterocycles. The molecule has 5 aromatic rings. The van der Waals surface area contributed by atoms with Crippen LogP contribution in [0.2, 0.25) is 0 Å². The zero-order valence-corrected chi connectivity index (χ0v) is 24.7. The van der Waals surface area contributed by atoms with Crippen LogP contribution in [0.5, 0.6) is 0 Å². The highest BCUT2D eigenvalue weighted by molar-refractivity contribution is 6.21. The van der Waals surface area contributed by atoms with Gasteiger partial charge in [0.05, 0.1) is 0 Å². The average molecular weight is 609 g/mol. The molecule has 0 amide bonds. The Morgan fingerprint density at radius 2 is 0.739 bits per heavy atom. The number of fused-ring (bicyclic) bond motifs is 2. The number of carbonyl (C=O) groups excluding carboxylic acids is 1. The standard InChI is InChI=1S/C39H28O7/c1-24(40)10-11-25-18-26(12-15-35(41)42)21-29(20-25)38-31-6-2-4-8-33(31)39(34-9-5-3-7-32(34)38)30-22-27(13-16-36(43)44)19-28(23-30)14-17-37(45)46/h2-23H,1H3,(H,41,42)(H,43,44)(H,45,46)/b11-10+,15-12+,16-13+,17-14+. The van der Waals surface area contributed by atoms with Crippen LogP contribution in [0.15, 0.2) is 109 Å². The Bertz CT molecular complexity index is 1870. The number of carboxylic acids is 3. The molecule has 5 rings (SSSR count). The minimum atomic E-state index is -1.11. The Morgan fingerprint density at radius 1 is 0.457 bits per heavy atom. The van der Waals surface area contributed by atoms with Gasteiger partial charge in [0.2, 0.25) is 0 Å². The van der Waals surface area contributed by atoms with E-state index in [0.29, 0.717) is 16.7 Å². The number of allylic oxidation sites excluding steroid dienone is 1. The predicted octanol–water partition coefficient (Wildman–Crippen LogP) is 8.22. The lowest BCUT2D eigenvalue weighted by molar-refractivity contribution is -0.132. The summed E-state index contributed by atoms with van der Waals surface area (Å²) in [6, 6.07) is 26.9. The van der Waals surface area contributed by atoms with Crippen molar-refractivity contribution in [2.24, 2.45) is 0 Å². The number of aliphatic carboxylic acids is 3. The maximum atomic E-state index is 11.7. The highest BCUT2D eigenvalue weighted by Crippen LogP contribution is 2.44. The first-order chi connectivity index (χ1) is 22.1. The van der Waals surface area contributed by atoms with Crippen LogP contribution in [-0.4, -0.2) is 39.0 Å². The monoisotopic (exact) mass is 608 g/mol. The Hall–Kier alpha value is -6.34. The topological polar surface area (TPSA) is 129 Å². The number of benzene rings is 5. The lowest BCUT2D eigenvalue weighted by Crippen LogP contribution is -1.93. The summed E-state index contributed by atoms with van der Waals surface area (Å²) in [6.45, 7) is 1.46. The predicted molar refractivity (Wildman–Crippen MR) is 182 cm³/mol. The number of ketones is 1. The van der Waals surface area contributed by atoms with Crippen LogP contribution >= 0.6 is 0 Å². The summed E-state index contributed by atoms with van der Waals surface area (Å²) < 4.78 is 0. The highest BCUT2D eigenvalue weighted by atomic mass is 16.4. The molecule has 46 heavy (non-hydrogen) atoms. The van der Waals surface area contributed by atoms with E-state index in [9.17, 15) is 34.5 Å². The van der Waals surface area contributed by atoms with Gasteiger partial charge in [0.25, 0.3) is 0 Å². The second-order valence-electron chi connectivity index (χ2n) is 10.6. The summed E-state index contributed by atoms with van der Waals surface area (Å²) >= 11 is 0. The molecule has 0 aromatic heterocycles. The highest BCUT2D eigenvalue weighted by Gasteiger charge is 2.18. The Kier molecular flexibility index (Phi) is 9.15. The first-order valence-electron chi connectivity index (χ1n) is 14.2. The number of hydrogen-bond donors (Lipinski definition) is 3. The van der Waals surface area contributed by atoms with Crippen molar-refractivity contribution in [1.29, 1.82) is 0 Å². The van der Waals surface area contributed by atoms with E-state index in [-0.39, 0.29) is 5.78 Å². The first kappa shape index (κ1) is 31.1. The molecule has 0 aliphatic carbocycles. The minimum absolute atomic E-state index is 0.119. The summed E-state index contributed by atoms with van der Waals surface area (Å²) in [5, 5.41) is 31.4. The van der Waals surface area contributed by atoms with Crippen molar-refractivity contribution in [3.8, 4) is 22.3 Å². The van der Waals surface area contributed by atoms with E-state index < -0.39 is 17.9 Å². The third-order valence-electron chi connectivity index (χ3n) is 7.23. The fraction of sp³-hybridized carbons (Fsp3) is 0.0256. The Morgan fingerprint density at radius 3 is 1.00 bits per heavy atom. The molecular weight excluding hydrogens is 580 g/mol. The maximum Gasteiger partial charge on any atom is 0.328 e. The van der Waals surface area contributed by atoms with Gasteiger partial charge in [0.1, 0.15) is 0 Å². The second-order valence-corrected chi connectivity index (χ2v) is 10.6. The van der Waals surface area contributed by atoms with Gasteiger partial charge in [-0.05, 0) is 134 Å². The second kappa shape index (κ2) is 13.5. The molecule has 7 nitrogen and oxygen atoms in total. The third kappa shape index (κ3) is 7.23. The van der Waals surface area contributed by atoms with Crippen LogP contribution in [0.4, 0.5) is 0 Å². The summed E-state index contributed by atoms with van der Waals surface area (Å²) in [4.78, 5) is 45.7. The molecule has 0 radical (unpaired) electrons. The van der Waals surface area contributed by atoms with Gasteiger partial charge in [-0.3, -0.25) is 4.79 Å². The molecule has 5 aromatic carbocycles. The largest absolute Gasteiger partial charge is 0.478 e. The van der Waals surface area contributed by atoms with Crippen molar-refractivity contribution in [2.45, 2.75) is 6.92 Å². The number of hydrogen-bond acceptors (Lipinski definition) is 4. The summed E-state index contributed by atoms with van der Waals surface area (Å²) in [5.41, 5.74) is 5.91. The van der Waals surface area contributed by atoms with Gasteiger partial charge in [0, 0.05) is 18.2 Å². The molecule has 226 valence electrons. The van der Waals surface area contributed by atoms with E-state index in [1.54, 1.807) is 12.1 Å². The van der Waals surface area contributed by atoms with Crippen molar-refractivity contribution >= 4 is 69.5 Å². The Labute approximate surface area is 264 Å². The van der Waals surface area contributed by atoms with Crippen LogP contribution in [0, 0.1) is 0 Å². The third-order valence-corrected chi connectivity index (χ3v) is 7.23. The summed E-state index contributed by atoms with van der Waals surface area (Å²) in [7, 11) is 0. The van der Waals surface area contributed by atoms with Gasteiger partial charge in [-0.25, -0.2) is 14.4 Å². The van der Waals surface area contributed by atoms with Crippen molar-refractivity contribution in [3.63, 3.8) is 0 Å².